The number of hydrogen-bond acceptors (Lipinski definition) is 2. The minimum absolute atomic E-state index is 0.00691. The van der Waals surface area contributed by atoms with Crippen LogP contribution in [-0.4, -0.2) is 11.8 Å². The highest BCUT2D eigenvalue weighted by atomic mass is 16.2. The molecule has 1 aromatic carbocycles. The van der Waals surface area contributed by atoms with Gasteiger partial charge in [0.2, 0.25) is 11.8 Å². The summed E-state index contributed by atoms with van der Waals surface area (Å²) in [5, 5.41) is 5.76. The van der Waals surface area contributed by atoms with Crippen LogP contribution >= 0.6 is 0 Å². The molecule has 0 bridgehead atoms. The number of nitrogens with one attached hydrogen (secondary N) is 2. The highest BCUT2D eigenvalue weighted by Crippen LogP contribution is 2.38. The average Bonchev–Trinajstić information content (AvgIpc) is 2.48. The lowest BCUT2D eigenvalue weighted by Gasteiger charge is -2.18. The van der Waals surface area contributed by atoms with Gasteiger partial charge in [0.15, 0.2) is 0 Å². The number of anilines is 2. The van der Waals surface area contributed by atoms with Gasteiger partial charge < -0.3 is 10.6 Å². The van der Waals surface area contributed by atoms with Crippen LogP contribution in [0.4, 0.5) is 11.4 Å². The minimum atomic E-state index is -0.555. The first-order valence-corrected chi connectivity index (χ1v) is 6.85. The molecule has 1 aromatic rings. The van der Waals surface area contributed by atoms with Crippen LogP contribution in [0.5, 0.6) is 0 Å². The van der Waals surface area contributed by atoms with Crippen molar-refractivity contribution in [3.63, 3.8) is 0 Å². The fourth-order valence-electron chi connectivity index (χ4n) is 2.34. The smallest absolute Gasteiger partial charge is 0.234 e. The van der Waals surface area contributed by atoms with Gasteiger partial charge in [0.05, 0.1) is 5.41 Å². The standard InChI is InChI=1S/C16H22N2O2/c1-15(2,3)9-13(19)17-10-6-7-12-11(8-10)16(4,5)14(20)18-12/h6-8H,9H2,1-5H3,(H,17,19)(H,18,20). The summed E-state index contributed by atoms with van der Waals surface area (Å²) in [6.45, 7) is 9.85. The van der Waals surface area contributed by atoms with Gasteiger partial charge in [-0.05, 0) is 43.0 Å². The molecule has 1 aliphatic heterocycles. The van der Waals surface area contributed by atoms with Crippen LogP contribution in [0.2, 0.25) is 0 Å². The number of benzene rings is 1. The Morgan fingerprint density at radius 3 is 2.55 bits per heavy atom. The minimum Gasteiger partial charge on any atom is -0.326 e. The quantitative estimate of drug-likeness (QED) is 0.869. The van der Waals surface area contributed by atoms with E-state index in [1.807, 2.05) is 52.8 Å². The lowest BCUT2D eigenvalue weighted by molar-refractivity contribution is -0.120. The number of carbonyl (C=O) groups excluding carboxylic acids is 2. The van der Waals surface area contributed by atoms with Crippen LogP contribution < -0.4 is 10.6 Å². The predicted octanol–water partition coefficient (Wildman–Crippen LogP) is 3.29. The van der Waals surface area contributed by atoms with Crippen molar-refractivity contribution < 1.29 is 9.59 Å². The van der Waals surface area contributed by atoms with Crippen molar-refractivity contribution >= 4 is 23.2 Å². The Labute approximate surface area is 119 Å². The Morgan fingerprint density at radius 2 is 1.95 bits per heavy atom. The molecule has 0 saturated carbocycles. The summed E-state index contributed by atoms with van der Waals surface area (Å²) in [6.07, 6.45) is 0.463. The highest BCUT2D eigenvalue weighted by molar-refractivity contribution is 6.06. The molecular formula is C16H22N2O2. The van der Waals surface area contributed by atoms with E-state index in [-0.39, 0.29) is 17.2 Å². The topological polar surface area (TPSA) is 58.2 Å². The van der Waals surface area contributed by atoms with Gasteiger partial charge in [0.1, 0.15) is 0 Å². The Bertz CT molecular complexity index is 568. The number of fused-ring (bicyclic) bond motifs is 1. The zero-order valence-corrected chi connectivity index (χ0v) is 12.8. The molecule has 1 aliphatic rings. The van der Waals surface area contributed by atoms with Crippen molar-refractivity contribution in [1.82, 2.24) is 0 Å². The lowest BCUT2D eigenvalue weighted by atomic mass is 9.86. The van der Waals surface area contributed by atoms with Gasteiger partial charge in [-0.15, -0.1) is 0 Å². The van der Waals surface area contributed by atoms with E-state index in [9.17, 15) is 9.59 Å². The van der Waals surface area contributed by atoms with Gasteiger partial charge in [-0.25, -0.2) is 0 Å². The number of carbonyl (C=O) groups is 2. The normalized spacial score (nSPS) is 16.6. The van der Waals surface area contributed by atoms with Crippen LogP contribution in [0, 0.1) is 5.41 Å². The van der Waals surface area contributed by atoms with Crippen molar-refractivity contribution in [2.45, 2.75) is 46.5 Å². The van der Waals surface area contributed by atoms with Crippen molar-refractivity contribution in [3.05, 3.63) is 23.8 Å². The van der Waals surface area contributed by atoms with Gasteiger partial charge in [-0.2, -0.15) is 0 Å². The number of amides is 2. The van der Waals surface area contributed by atoms with Gasteiger partial charge in [0.25, 0.3) is 0 Å². The second-order valence-electron chi connectivity index (χ2n) is 7.13. The van der Waals surface area contributed by atoms with E-state index in [0.29, 0.717) is 6.42 Å². The molecule has 20 heavy (non-hydrogen) atoms. The van der Waals surface area contributed by atoms with Gasteiger partial charge in [-0.1, -0.05) is 20.8 Å². The molecule has 0 unspecified atom stereocenters. The molecule has 4 heteroatoms. The Balaban J connectivity index is 2.19. The second-order valence-corrected chi connectivity index (χ2v) is 7.13. The molecule has 0 aromatic heterocycles. The van der Waals surface area contributed by atoms with Crippen LogP contribution in [0.3, 0.4) is 0 Å². The first kappa shape index (κ1) is 14.6. The Hall–Kier alpha value is -1.84. The zero-order valence-electron chi connectivity index (χ0n) is 12.8. The van der Waals surface area contributed by atoms with Crippen molar-refractivity contribution in [1.29, 1.82) is 0 Å². The second kappa shape index (κ2) is 4.62. The summed E-state index contributed by atoms with van der Waals surface area (Å²) < 4.78 is 0. The molecule has 4 nitrogen and oxygen atoms in total. The van der Waals surface area contributed by atoms with E-state index in [2.05, 4.69) is 10.6 Å². The SMILES string of the molecule is CC(C)(C)CC(=O)Nc1ccc2c(c1)C(C)(C)C(=O)N2. The maximum atomic E-state index is 12.0. The van der Waals surface area contributed by atoms with Gasteiger partial charge in [0, 0.05) is 17.8 Å². The molecule has 0 aliphatic carbocycles. The molecule has 0 radical (unpaired) electrons. The van der Waals surface area contributed by atoms with Crippen LogP contribution in [0.25, 0.3) is 0 Å². The molecular weight excluding hydrogens is 252 g/mol. The Morgan fingerprint density at radius 1 is 1.30 bits per heavy atom. The summed E-state index contributed by atoms with van der Waals surface area (Å²) in [4.78, 5) is 23.8. The third-order valence-electron chi connectivity index (χ3n) is 3.48. The molecule has 2 amide bonds. The van der Waals surface area contributed by atoms with E-state index < -0.39 is 5.41 Å². The van der Waals surface area contributed by atoms with E-state index in [1.165, 1.54) is 0 Å². The van der Waals surface area contributed by atoms with E-state index in [0.717, 1.165) is 16.9 Å². The zero-order chi connectivity index (χ0) is 15.1. The summed E-state index contributed by atoms with van der Waals surface area (Å²) in [5.74, 6) is -0.0155. The van der Waals surface area contributed by atoms with E-state index >= 15 is 0 Å². The molecule has 0 saturated heterocycles. The molecule has 0 fully saturated rings. The van der Waals surface area contributed by atoms with Gasteiger partial charge in [-0.3, -0.25) is 9.59 Å². The number of hydrogen-bond donors (Lipinski definition) is 2. The predicted molar refractivity (Wildman–Crippen MR) is 80.8 cm³/mol. The van der Waals surface area contributed by atoms with E-state index in [4.69, 9.17) is 0 Å². The maximum Gasteiger partial charge on any atom is 0.234 e. The first-order valence-electron chi connectivity index (χ1n) is 6.85. The molecule has 1 heterocycles. The molecule has 0 atom stereocenters. The third-order valence-corrected chi connectivity index (χ3v) is 3.48. The average molecular weight is 274 g/mol. The highest BCUT2D eigenvalue weighted by Gasteiger charge is 2.38. The fraction of sp³-hybridized carbons (Fsp3) is 0.500. The molecule has 0 spiro atoms. The molecule has 2 rings (SSSR count). The van der Waals surface area contributed by atoms with Crippen molar-refractivity contribution in [2.75, 3.05) is 10.6 Å². The first-order chi connectivity index (χ1) is 9.09. The molecule has 2 N–H and O–H groups in total. The number of rotatable bonds is 2. The monoisotopic (exact) mass is 274 g/mol. The summed E-state index contributed by atoms with van der Waals surface area (Å²) in [7, 11) is 0. The fourth-order valence-corrected chi connectivity index (χ4v) is 2.34. The van der Waals surface area contributed by atoms with Gasteiger partial charge >= 0.3 is 0 Å². The third kappa shape index (κ3) is 2.84. The summed E-state index contributed by atoms with van der Waals surface area (Å²) >= 11 is 0. The van der Waals surface area contributed by atoms with Crippen molar-refractivity contribution in [3.8, 4) is 0 Å². The summed E-state index contributed by atoms with van der Waals surface area (Å²) in [5.41, 5.74) is 1.89. The van der Waals surface area contributed by atoms with Crippen LogP contribution in [-0.2, 0) is 15.0 Å². The summed E-state index contributed by atoms with van der Waals surface area (Å²) in [6, 6.07) is 5.55. The largest absolute Gasteiger partial charge is 0.326 e. The maximum absolute atomic E-state index is 12.0. The van der Waals surface area contributed by atoms with Crippen LogP contribution in [0.1, 0.15) is 46.6 Å². The van der Waals surface area contributed by atoms with E-state index in [1.54, 1.807) is 0 Å². The Kier molecular flexibility index (Phi) is 3.36. The van der Waals surface area contributed by atoms with Crippen molar-refractivity contribution in [2.24, 2.45) is 5.41 Å². The van der Waals surface area contributed by atoms with Crippen LogP contribution in [0.15, 0.2) is 18.2 Å². The lowest BCUT2D eigenvalue weighted by Crippen LogP contribution is -2.27. The molecule has 108 valence electrons.